The van der Waals surface area contributed by atoms with E-state index in [1.807, 2.05) is 42.5 Å². The van der Waals surface area contributed by atoms with Crippen LogP contribution >= 0.6 is 0 Å². The van der Waals surface area contributed by atoms with Gasteiger partial charge in [-0.05, 0) is 35.7 Å². The van der Waals surface area contributed by atoms with Crippen LogP contribution in [-0.4, -0.2) is 26.9 Å². The fourth-order valence-corrected chi connectivity index (χ4v) is 2.29. The molecule has 0 aliphatic rings. The largest absolute Gasteiger partial charge is 0.493 e. The minimum atomic E-state index is -0.305. The van der Waals surface area contributed by atoms with Gasteiger partial charge in [-0.15, -0.1) is 0 Å². The molecule has 2 N–H and O–H groups in total. The van der Waals surface area contributed by atoms with Gasteiger partial charge in [-0.3, -0.25) is 0 Å². The maximum atomic E-state index is 12.2. The quantitative estimate of drug-likeness (QED) is 0.747. The number of urea groups is 1. The molecule has 26 heavy (non-hydrogen) atoms. The van der Waals surface area contributed by atoms with Crippen molar-refractivity contribution in [1.29, 1.82) is 0 Å². The molecule has 0 saturated heterocycles. The van der Waals surface area contributed by atoms with E-state index in [0.717, 1.165) is 5.56 Å². The van der Waals surface area contributed by atoms with Gasteiger partial charge in [0.05, 0.1) is 26.5 Å². The van der Waals surface area contributed by atoms with Gasteiger partial charge < -0.3 is 24.8 Å². The summed E-state index contributed by atoms with van der Waals surface area (Å²) in [4.78, 5) is 12.2. The van der Waals surface area contributed by atoms with Crippen molar-refractivity contribution in [2.75, 3.05) is 26.1 Å². The van der Waals surface area contributed by atoms with E-state index in [0.29, 0.717) is 42.0 Å². The van der Waals surface area contributed by atoms with Gasteiger partial charge in [0.1, 0.15) is 5.75 Å². The molecule has 0 atom stereocenters. The van der Waals surface area contributed by atoms with Crippen LogP contribution in [0, 0.1) is 5.92 Å². The van der Waals surface area contributed by atoms with Gasteiger partial charge >= 0.3 is 6.03 Å². The van der Waals surface area contributed by atoms with E-state index in [-0.39, 0.29) is 6.03 Å². The van der Waals surface area contributed by atoms with Crippen molar-refractivity contribution < 1.29 is 19.0 Å². The van der Waals surface area contributed by atoms with Crippen LogP contribution in [0.15, 0.2) is 42.5 Å². The normalized spacial score (nSPS) is 10.3. The first-order chi connectivity index (χ1) is 12.5. The minimum Gasteiger partial charge on any atom is -0.493 e. The molecular formula is C20H26N2O4. The highest BCUT2D eigenvalue weighted by molar-refractivity contribution is 5.90. The summed E-state index contributed by atoms with van der Waals surface area (Å²) in [6.45, 7) is 5.10. The monoisotopic (exact) mass is 358 g/mol. The molecule has 6 heteroatoms. The third-order valence-corrected chi connectivity index (χ3v) is 3.61. The number of amides is 2. The second-order valence-electron chi connectivity index (χ2n) is 6.20. The van der Waals surface area contributed by atoms with Crippen LogP contribution in [0.25, 0.3) is 0 Å². The lowest BCUT2D eigenvalue weighted by Gasteiger charge is -2.14. The number of para-hydroxylation sites is 2. The molecule has 0 heterocycles. The highest BCUT2D eigenvalue weighted by atomic mass is 16.5. The molecule has 0 aliphatic heterocycles. The van der Waals surface area contributed by atoms with Crippen molar-refractivity contribution in [2.45, 2.75) is 20.4 Å². The Labute approximate surface area is 154 Å². The maximum absolute atomic E-state index is 12.2. The van der Waals surface area contributed by atoms with Gasteiger partial charge in [0, 0.05) is 6.54 Å². The first-order valence-electron chi connectivity index (χ1n) is 8.51. The molecule has 0 aliphatic carbocycles. The fourth-order valence-electron chi connectivity index (χ4n) is 2.29. The minimum absolute atomic E-state index is 0.305. The summed E-state index contributed by atoms with van der Waals surface area (Å²) in [7, 11) is 3.16. The zero-order valence-corrected chi connectivity index (χ0v) is 15.7. The molecule has 0 unspecified atom stereocenters. The molecule has 2 amide bonds. The molecule has 0 spiro atoms. The van der Waals surface area contributed by atoms with Crippen molar-refractivity contribution in [3.63, 3.8) is 0 Å². The molecule has 6 nitrogen and oxygen atoms in total. The number of rotatable bonds is 8. The van der Waals surface area contributed by atoms with Crippen LogP contribution in [0.1, 0.15) is 19.4 Å². The van der Waals surface area contributed by atoms with E-state index < -0.39 is 0 Å². The van der Waals surface area contributed by atoms with Crippen LogP contribution < -0.4 is 24.8 Å². The second kappa shape index (κ2) is 9.56. The average Bonchev–Trinajstić information content (AvgIpc) is 2.65. The number of ether oxygens (including phenoxy) is 3. The summed E-state index contributed by atoms with van der Waals surface area (Å²) in [6.07, 6.45) is 0. The molecule has 0 fully saturated rings. The van der Waals surface area contributed by atoms with E-state index in [1.54, 1.807) is 14.2 Å². The molecule has 140 valence electrons. The van der Waals surface area contributed by atoms with Crippen molar-refractivity contribution in [1.82, 2.24) is 5.32 Å². The number of anilines is 1. The Balaban J connectivity index is 1.95. The maximum Gasteiger partial charge on any atom is 0.319 e. The Morgan fingerprint density at radius 3 is 2.42 bits per heavy atom. The van der Waals surface area contributed by atoms with Gasteiger partial charge in [-0.25, -0.2) is 4.79 Å². The first kappa shape index (κ1) is 19.4. The molecule has 2 aromatic carbocycles. The van der Waals surface area contributed by atoms with E-state index in [9.17, 15) is 4.79 Å². The van der Waals surface area contributed by atoms with Crippen LogP contribution in [-0.2, 0) is 6.54 Å². The summed E-state index contributed by atoms with van der Waals surface area (Å²) in [5.41, 5.74) is 1.54. The molecular weight excluding hydrogens is 332 g/mol. The lowest BCUT2D eigenvalue weighted by atomic mass is 10.2. The number of nitrogens with one attached hydrogen (secondary N) is 2. The average molecular weight is 358 g/mol. The van der Waals surface area contributed by atoms with Gasteiger partial charge in [0.15, 0.2) is 11.5 Å². The van der Waals surface area contributed by atoms with Crippen molar-refractivity contribution >= 4 is 11.7 Å². The summed E-state index contributed by atoms with van der Waals surface area (Å²) in [5, 5.41) is 5.65. The summed E-state index contributed by atoms with van der Waals surface area (Å²) < 4.78 is 16.2. The third-order valence-electron chi connectivity index (χ3n) is 3.61. The van der Waals surface area contributed by atoms with Crippen molar-refractivity contribution in [3.05, 3.63) is 48.0 Å². The number of carbonyl (C=O) groups is 1. The molecule has 0 bridgehead atoms. The standard InChI is InChI=1S/C20H26N2O4/c1-14(2)13-26-17-8-6-5-7-16(17)22-20(23)21-12-15-9-10-18(24-3)19(11-15)25-4/h5-11,14H,12-13H2,1-4H3,(H2,21,22,23). The topological polar surface area (TPSA) is 68.8 Å². The Morgan fingerprint density at radius 2 is 1.73 bits per heavy atom. The summed E-state index contributed by atoms with van der Waals surface area (Å²) in [5.74, 6) is 2.33. The Morgan fingerprint density at radius 1 is 1.00 bits per heavy atom. The lowest BCUT2D eigenvalue weighted by Crippen LogP contribution is -2.28. The number of hydrogen-bond donors (Lipinski definition) is 2. The second-order valence-corrected chi connectivity index (χ2v) is 6.20. The van der Waals surface area contributed by atoms with Crippen LogP contribution in [0.4, 0.5) is 10.5 Å². The van der Waals surface area contributed by atoms with Gasteiger partial charge in [-0.1, -0.05) is 32.0 Å². The number of methoxy groups -OCH3 is 2. The van der Waals surface area contributed by atoms with Gasteiger partial charge in [0.25, 0.3) is 0 Å². The third kappa shape index (κ3) is 5.58. The zero-order valence-electron chi connectivity index (χ0n) is 15.7. The summed E-state index contributed by atoms with van der Waals surface area (Å²) >= 11 is 0. The SMILES string of the molecule is COc1ccc(CNC(=O)Nc2ccccc2OCC(C)C)cc1OC. The van der Waals surface area contributed by atoms with Crippen LogP contribution in [0.5, 0.6) is 17.2 Å². The number of carbonyl (C=O) groups excluding carboxylic acids is 1. The molecule has 0 aromatic heterocycles. The summed E-state index contributed by atoms with van der Waals surface area (Å²) in [6, 6.07) is 12.6. The Bertz CT molecular complexity index is 732. The molecule has 0 radical (unpaired) electrons. The number of hydrogen-bond acceptors (Lipinski definition) is 4. The lowest BCUT2D eigenvalue weighted by molar-refractivity contribution is 0.251. The number of benzene rings is 2. The van der Waals surface area contributed by atoms with Gasteiger partial charge in [0.2, 0.25) is 0 Å². The van der Waals surface area contributed by atoms with Gasteiger partial charge in [-0.2, -0.15) is 0 Å². The van der Waals surface area contributed by atoms with E-state index in [2.05, 4.69) is 24.5 Å². The highest BCUT2D eigenvalue weighted by Crippen LogP contribution is 2.27. The fraction of sp³-hybridized carbons (Fsp3) is 0.350. The predicted molar refractivity (Wildman–Crippen MR) is 102 cm³/mol. The smallest absolute Gasteiger partial charge is 0.319 e. The zero-order chi connectivity index (χ0) is 18.9. The highest BCUT2D eigenvalue weighted by Gasteiger charge is 2.09. The van der Waals surface area contributed by atoms with Crippen LogP contribution in [0.2, 0.25) is 0 Å². The van der Waals surface area contributed by atoms with E-state index in [4.69, 9.17) is 14.2 Å². The molecule has 0 saturated carbocycles. The van der Waals surface area contributed by atoms with Crippen molar-refractivity contribution in [3.8, 4) is 17.2 Å². The molecule has 2 aromatic rings. The van der Waals surface area contributed by atoms with Crippen LogP contribution in [0.3, 0.4) is 0 Å². The molecule has 2 rings (SSSR count). The predicted octanol–water partition coefficient (Wildman–Crippen LogP) is 4.06. The van der Waals surface area contributed by atoms with E-state index in [1.165, 1.54) is 0 Å². The van der Waals surface area contributed by atoms with Crippen molar-refractivity contribution in [2.24, 2.45) is 5.92 Å². The van der Waals surface area contributed by atoms with E-state index >= 15 is 0 Å². The first-order valence-corrected chi connectivity index (χ1v) is 8.51. The Kier molecular flexibility index (Phi) is 7.14. The Hall–Kier alpha value is -2.89.